The van der Waals surface area contributed by atoms with E-state index in [0.29, 0.717) is 0 Å². The summed E-state index contributed by atoms with van der Waals surface area (Å²) in [4.78, 5) is 11.4. The van der Waals surface area contributed by atoms with Gasteiger partial charge in [0.1, 0.15) is 11.7 Å². The maximum atomic E-state index is 11.4. The first kappa shape index (κ1) is 15.7. The van der Waals surface area contributed by atoms with Crippen LogP contribution < -0.4 is 5.32 Å². The van der Waals surface area contributed by atoms with Crippen LogP contribution in [0.15, 0.2) is 0 Å². The fourth-order valence-electron chi connectivity index (χ4n) is 1.32. The number of nitrogens with zero attached hydrogens (tertiary/aromatic N) is 1. The number of aliphatic hydroxyl groups excluding tert-OH is 1. The van der Waals surface area contributed by atoms with Crippen molar-refractivity contribution in [2.75, 3.05) is 6.54 Å². The number of nitrogens with one attached hydrogen (secondary N) is 1. The van der Waals surface area contributed by atoms with Gasteiger partial charge in [0.05, 0.1) is 6.07 Å². The van der Waals surface area contributed by atoms with Crippen LogP contribution in [0.3, 0.4) is 0 Å². The van der Waals surface area contributed by atoms with Crippen molar-refractivity contribution in [2.24, 2.45) is 11.8 Å². The Balaban J connectivity index is 4.24. The summed E-state index contributed by atoms with van der Waals surface area (Å²) in [5, 5.41) is 20.7. The van der Waals surface area contributed by atoms with Gasteiger partial charge in [-0.1, -0.05) is 13.8 Å². The molecule has 0 heterocycles. The Morgan fingerprint density at radius 2 is 2.00 bits per heavy atom. The van der Waals surface area contributed by atoms with Crippen molar-refractivity contribution in [1.82, 2.24) is 5.32 Å². The third-order valence-electron chi connectivity index (χ3n) is 2.28. The van der Waals surface area contributed by atoms with Crippen molar-refractivity contribution in [3.63, 3.8) is 0 Å². The second kappa shape index (κ2) is 6.45. The molecule has 98 valence electrons. The quantitative estimate of drug-likeness (QED) is 0.735. The van der Waals surface area contributed by atoms with E-state index in [4.69, 9.17) is 10.00 Å². The number of carbonyl (C=O) groups is 1. The second-order valence-corrected chi connectivity index (χ2v) is 5.36. The lowest BCUT2D eigenvalue weighted by Gasteiger charge is -2.24. The van der Waals surface area contributed by atoms with Crippen LogP contribution in [0.4, 0.5) is 4.79 Å². The molecule has 0 radical (unpaired) electrons. The lowest BCUT2D eigenvalue weighted by molar-refractivity contribution is 0.0489. The highest BCUT2D eigenvalue weighted by atomic mass is 16.6. The molecule has 0 aliphatic carbocycles. The van der Waals surface area contributed by atoms with Crippen LogP contribution in [-0.2, 0) is 4.74 Å². The van der Waals surface area contributed by atoms with Gasteiger partial charge in [-0.15, -0.1) is 0 Å². The van der Waals surface area contributed by atoms with Crippen LogP contribution in [0.2, 0.25) is 0 Å². The minimum atomic E-state index is -1.08. The largest absolute Gasteiger partial charge is 0.444 e. The van der Waals surface area contributed by atoms with Crippen LogP contribution >= 0.6 is 0 Å². The third-order valence-corrected chi connectivity index (χ3v) is 2.28. The number of hydrogen-bond donors (Lipinski definition) is 2. The molecule has 2 N–H and O–H groups in total. The Labute approximate surface area is 103 Å². The van der Waals surface area contributed by atoms with Crippen molar-refractivity contribution in [2.45, 2.75) is 46.3 Å². The summed E-state index contributed by atoms with van der Waals surface area (Å²) in [6.07, 6.45) is -1.61. The van der Waals surface area contributed by atoms with Crippen LogP contribution in [0.1, 0.15) is 34.6 Å². The fourth-order valence-corrected chi connectivity index (χ4v) is 1.32. The van der Waals surface area contributed by atoms with E-state index >= 15 is 0 Å². The number of carbonyl (C=O) groups excluding carboxylic acids is 1. The average Bonchev–Trinajstić information content (AvgIpc) is 2.14. The average molecular weight is 242 g/mol. The molecule has 0 rings (SSSR count). The van der Waals surface area contributed by atoms with E-state index in [1.807, 2.05) is 13.8 Å². The highest BCUT2D eigenvalue weighted by Gasteiger charge is 2.24. The van der Waals surface area contributed by atoms with Gasteiger partial charge in [0.15, 0.2) is 0 Å². The van der Waals surface area contributed by atoms with Crippen LogP contribution in [-0.4, -0.2) is 29.4 Å². The molecule has 2 atom stereocenters. The lowest BCUT2D eigenvalue weighted by Crippen LogP contribution is -2.39. The maximum Gasteiger partial charge on any atom is 0.407 e. The number of aliphatic hydroxyl groups is 1. The molecule has 0 fully saturated rings. The van der Waals surface area contributed by atoms with E-state index in [9.17, 15) is 9.90 Å². The standard InChI is InChI=1S/C12H22N2O3/c1-8(2)9(10(15)6-13)7-14-11(16)17-12(3,4)5/h8-10,15H,7H2,1-5H3,(H,14,16). The van der Waals surface area contributed by atoms with Gasteiger partial charge in [0.25, 0.3) is 0 Å². The van der Waals surface area contributed by atoms with Gasteiger partial charge in [-0.2, -0.15) is 5.26 Å². The zero-order valence-electron chi connectivity index (χ0n) is 11.2. The van der Waals surface area contributed by atoms with Gasteiger partial charge >= 0.3 is 6.09 Å². The third kappa shape index (κ3) is 6.80. The number of hydrogen-bond acceptors (Lipinski definition) is 4. The Morgan fingerprint density at radius 1 is 1.47 bits per heavy atom. The molecule has 0 aromatic heterocycles. The van der Waals surface area contributed by atoms with Gasteiger partial charge in [0, 0.05) is 12.5 Å². The van der Waals surface area contributed by atoms with Crippen LogP contribution in [0, 0.1) is 23.2 Å². The van der Waals surface area contributed by atoms with E-state index in [2.05, 4.69) is 5.32 Å². The number of alkyl carbamates (subject to hydrolysis) is 1. The molecule has 0 spiro atoms. The van der Waals surface area contributed by atoms with Gasteiger partial charge in [0.2, 0.25) is 0 Å². The molecule has 0 aromatic carbocycles. The molecule has 5 heteroatoms. The first-order chi connectivity index (χ1) is 7.67. The smallest absolute Gasteiger partial charge is 0.407 e. The summed E-state index contributed by atoms with van der Waals surface area (Å²) >= 11 is 0. The van der Waals surface area contributed by atoms with Gasteiger partial charge in [-0.05, 0) is 26.7 Å². The minimum absolute atomic E-state index is 0.0968. The number of ether oxygens (including phenoxy) is 1. The topological polar surface area (TPSA) is 82.3 Å². The maximum absolute atomic E-state index is 11.4. The Morgan fingerprint density at radius 3 is 2.35 bits per heavy atom. The Hall–Kier alpha value is -1.28. The Bertz CT molecular complexity index is 289. The summed E-state index contributed by atoms with van der Waals surface area (Å²) in [6, 6.07) is 1.78. The molecule has 2 unspecified atom stereocenters. The van der Waals surface area contributed by atoms with Crippen molar-refractivity contribution in [3.05, 3.63) is 0 Å². The predicted molar refractivity (Wildman–Crippen MR) is 64.2 cm³/mol. The van der Waals surface area contributed by atoms with Crippen LogP contribution in [0.25, 0.3) is 0 Å². The van der Waals surface area contributed by atoms with Crippen molar-refractivity contribution >= 4 is 6.09 Å². The van der Waals surface area contributed by atoms with Gasteiger partial charge in [-0.3, -0.25) is 0 Å². The zero-order valence-corrected chi connectivity index (χ0v) is 11.2. The molecule has 0 saturated heterocycles. The number of nitriles is 1. The van der Waals surface area contributed by atoms with E-state index in [1.54, 1.807) is 26.8 Å². The van der Waals surface area contributed by atoms with E-state index < -0.39 is 17.8 Å². The molecular weight excluding hydrogens is 220 g/mol. The van der Waals surface area contributed by atoms with Crippen molar-refractivity contribution in [1.29, 1.82) is 5.26 Å². The zero-order chi connectivity index (χ0) is 13.6. The van der Waals surface area contributed by atoms with E-state index in [-0.39, 0.29) is 18.4 Å². The highest BCUT2D eigenvalue weighted by molar-refractivity contribution is 5.67. The summed E-state index contributed by atoms with van der Waals surface area (Å²) in [6.45, 7) is 9.33. The monoisotopic (exact) mass is 242 g/mol. The second-order valence-electron chi connectivity index (χ2n) is 5.36. The highest BCUT2D eigenvalue weighted by Crippen LogP contribution is 2.14. The van der Waals surface area contributed by atoms with E-state index in [0.717, 1.165) is 0 Å². The fraction of sp³-hybridized carbons (Fsp3) is 0.833. The molecule has 17 heavy (non-hydrogen) atoms. The molecule has 0 aliphatic heterocycles. The first-order valence-electron chi connectivity index (χ1n) is 5.72. The summed E-state index contributed by atoms with van der Waals surface area (Å²) < 4.78 is 5.07. The van der Waals surface area contributed by atoms with Crippen molar-refractivity contribution < 1.29 is 14.6 Å². The molecule has 5 nitrogen and oxygen atoms in total. The molecule has 1 amide bonds. The van der Waals surface area contributed by atoms with Crippen LogP contribution in [0.5, 0.6) is 0 Å². The number of amides is 1. The molecular formula is C12H22N2O3. The first-order valence-corrected chi connectivity index (χ1v) is 5.72. The molecule has 0 aromatic rings. The van der Waals surface area contributed by atoms with E-state index in [1.165, 1.54) is 0 Å². The Kier molecular flexibility index (Phi) is 5.97. The number of rotatable bonds is 4. The normalized spacial score (nSPS) is 14.9. The van der Waals surface area contributed by atoms with Crippen molar-refractivity contribution in [3.8, 4) is 6.07 Å². The SMILES string of the molecule is CC(C)C(CNC(=O)OC(C)(C)C)C(O)C#N. The predicted octanol–water partition coefficient (Wildman–Crippen LogP) is 1.67. The minimum Gasteiger partial charge on any atom is -0.444 e. The molecule has 0 bridgehead atoms. The van der Waals surface area contributed by atoms with Gasteiger partial charge in [-0.25, -0.2) is 4.79 Å². The molecule has 0 saturated carbocycles. The summed E-state index contributed by atoms with van der Waals surface area (Å²) in [7, 11) is 0. The molecule has 0 aliphatic rings. The summed E-state index contributed by atoms with van der Waals surface area (Å²) in [5.41, 5.74) is -0.550. The summed E-state index contributed by atoms with van der Waals surface area (Å²) in [5.74, 6) is -0.202. The lowest BCUT2D eigenvalue weighted by atomic mass is 9.91. The van der Waals surface area contributed by atoms with Gasteiger partial charge < -0.3 is 15.2 Å².